The van der Waals surface area contributed by atoms with Crippen LogP contribution in [0.1, 0.15) is 46.0 Å². The molecule has 2 nitrogen and oxygen atoms in total. The zero-order valence-corrected chi connectivity index (χ0v) is 10.6. The number of nitrogens with zero attached hydrogens (tertiary/aromatic N) is 1. The monoisotopic (exact) mass is 211 g/mol. The van der Waals surface area contributed by atoms with Crippen LogP contribution < -0.4 is 0 Å². The van der Waals surface area contributed by atoms with E-state index in [1.165, 1.54) is 6.42 Å². The Balaban J connectivity index is 2.52. The summed E-state index contributed by atoms with van der Waals surface area (Å²) in [6, 6.07) is 0.665. The molecule has 0 N–H and O–H groups in total. The van der Waals surface area contributed by atoms with Crippen LogP contribution in [0.5, 0.6) is 0 Å². The summed E-state index contributed by atoms with van der Waals surface area (Å²) in [5.41, 5.74) is 0. The van der Waals surface area contributed by atoms with Crippen molar-refractivity contribution in [2.24, 2.45) is 11.8 Å². The van der Waals surface area contributed by atoms with Crippen molar-refractivity contribution in [2.45, 2.75) is 52.0 Å². The molecule has 1 unspecified atom stereocenters. The van der Waals surface area contributed by atoms with Gasteiger partial charge in [-0.3, -0.25) is 4.79 Å². The molecule has 0 spiro atoms. The lowest BCUT2D eigenvalue weighted by Gasteiger charge is -2.35. The smallest absolute Gasteiger partial charge is 0.132 e. The summed E-state index contributed by atoms with van der Waals surface area (Å²) < 4.78 is 0. The van der Waals surface area contributed by atoms with Gasteiger partial charge in [0.05, 0.1) is 0 Å². The van der Waals surface area contributed by atoms with Crippen molar-refractivity contribution < 1.29 is 4.79 Å². The molecular weight excluding hydrogens is 186 g/mol. The lowest BCUT2D eigenvalue weighted by molar-refractivity contribution is -0.121. The third kappa shape index (κ3) is 3.94. The Morgan fingerprint density at radius 3 is 2.20 bits per heavy atom. The van der Waals surface area contributed by atoms with Crippen molar-refractivity contribution >= 4 is 5.78 Å². The van der Waals surface area contributed by atoms with Crippen LogP contribution in [-0.2, 0) is 4.79 Å². The number of rotatable bonds is 4. The van der Waals surface area contributed by atoms with Crippen LogP contribution in [-0.4, -0.2) is 30.8 Å². The van der Waals surface area contributed by atoms with E-state index in [0.717, 1.165) is 37.5 Å². The molecule has 0 heterocycles. The minimum Gasteiger partial charge on any atom is -0.306 e. The van der Waals surface area contributed by atoms with E-state index in [1.807, 2.05) is 0 Å². The number of carbonyl (C=O) groups is 1. The van der Waals surface area contributed by atoms with Crippen molar-refractivity contribution in [3.05, 3.63) is 0 Å². The van der Waals surface area contributed by atoms with Gasteiger partial charge in [0, 0.05) is 18.9 Å². The average molecular weight is 211 g/mol. The van der Waals surface area contributed by atoms with Gasteiger partial charge in [0.25, 0.3) is 0 Å². The van der Waals surface area contributed by atoms with E-state index in [-0.39, 0.29) is 0 Å². The highest BCUT2D eigenvalue weighted by Gasteiger charge is 2.28. The summed E-state index contributed by atoms with van der Waals surface area (Å²) in [5, 5.41) is 0. The molecule has 1 aliphatic rings. The number of ketones is 1. The average Bonchev–Trinajstić information content (AvgIpc) is 2.15. The van der Waals surface area contributed by atoms with Crippen LogP contribution in [0.15, 0.2) is 0 Å². The Morgan fingerprint density at radius 1 is 1.27 bits per heavy atom. The zero-order chi connectivity index (χ0) is 11.4. The van der Waals surface area contributed by atoms with Gasteiger partial charge in [0.2, 0.25) is 0 Å². The molecular formula is C13H25NO. The van der Waals surface area contributed by atoms with Crippen LogP contribution in [0.3, 0.4) is 0 Å². The highest BCUT2D eigenvalue weighted by atomic mass is 16.1. The molecule has 88 valence electrons. The second-order valence-electron chi connectivity index (χ2n) is 5.54. The number of Topliss-reactive ketones (excluding diaryl/α,β-unsaturated/α-hetero) is 1. The molecule has 0 radical (unpaired) electrons. The number of carbonyl (C=O) groups excluding carboxylic acids is 1. The summed E-state index contributed by atoms with van der Waals surface area (Å²) in [6.07, 6.45) is 5.09. The highest BCUT2D eigenvalue weighted by Crippen LogP contribution is 2.29. The molecule has 0 amide bonds. The summed E-state index contributed by atoms with van der Waals surface area (Å²) in [5.74, 6) is 1.95. The van der Waals surface area contributed by atoms with E-state index in [0.29, 0.717) is 11.8 Å². The molecule has 0 aromatic carbocycles. The zero-order valence-electron chi connectivity index (χ0n) is 10.6. The first kappa shape index (κ1) is 12.7. The lowest BCUT2D eigenvalue weighted by atomic mass is 9.80. The second-order valence-corrected chi connectivity index (χ2v) is 5.54. The molecule has 0 aromatic rings. The maximum absolute atomic E-state index is 11.2. The molecule has 0 aliphatic heterocycles. The minimum absolute atomic E-state index is 0.466. The van der Waals surface area contributed by atoms with E-state index in [1.54, 1.807) is 0 Å². The van der Waals surface area contributed by atoms with Crippen molar-refractivity contribution in [3.8, 4) is 0 Å². The molecule has 15 heavy (non-hydrogen) atoms. The molecule has 1 atom stereocenters. The molecule has 1 aliphatic carbocycles. The normalized spacial score (nSPS) is 21.3. The van der Waals surface area contributed by atoms with E-state index < -0.39 is 0 Å². The van der Waals surface area contributed by atoms with E-state index >= 15 is 0 Å². The second kappa shape index (κ2) is 5.64. The Hall–Kier alpha value is -0.370. The topological polar surface area (TPSA) is 20.3 Å². The first-order valence-corrected chi connectivity index (χ1v) is 6.18. The fraction of sp³-hybridized carbons (Fsp3) is 0.923. The molecule has 1 fully saturated rings. The van der Waals surface area contributed by atoms with Gasteiger partial charge in [-0.05, 0) is 45.2 Å². The van der Waals surface area contributed by atoms with Gasteiger partial charge in [-0.15, -0.1) is 0 Å². The highest BCUT2D eigenvalue weighted by molar-refractivity contribution is 5.79. The van der Waals surface area contributed by atoms with Crippen LogP contribution in [0, 0.1) is 11.8 Å². The first-order chi connectivity index (χ1) is 7.00. The third-order valence-corrected chi connectivity index (χ3v) is 3.51. The van der Waals surface area contributed by atoms with Gasteiger partial charge in [-0.25, -0.2) is 0 Å². The third-order valence-electron chi connectivity index (χ3n) is 3.51. The van der Waals surface area contributed by atoms with Crippen LogP contribution in [0.2, 0.25) is 0 Å². The Kier molecular flexibility index (Phi) is 4.78. The molecule has 1 rings (SSSR count). The van der Waals surface area contributed by atoms with Crippen molar-refractivity contribution in [1.82, 2.24) is 4.90 Å². The van der Waals surface area contributed by atoms with E-state index in [9.17, 15) is 4.79 Å². The molecule has 0 aromatic heterocycles. The summed E-state index contributed by atoms with van der Waals surface area (Å²) >= 11 is 0. The standard InChI is InChI=1S/C13H25NO/c1-10(2)9-13(14(3)4)11-5-7-12(15)8-6-11/h10-11,13H,5-9H2,1-4H3. The Bertz CT molecular complexity index is 201. The summed E-state index contributed by atoms with van der Waals surface area (Å²) in [4.78, 5) is 13.6. The fourth-order valence-corrected chi connectivity index (χ4v) is 2.65. The fourth-order valence-electron chi connectivity index (χ4n) is 2.65. The lowest BCUT2D eigenvalue weighted by Crippen LogP contribution is -2.38. The summed E-state index contributed by atoms with van der Waals surface area (Å²) in [7, 11) is 4.34. The van der Waals surface area contributed by atoms with Gasteiger partial charge >= 0.3 is 0 Å². The van der Waals surface area contributed by atoms with E-state index in [2.05, 4.69) is 32.8 Å². The minimum atomic E-state index is 0.466. The summed E-state index contributed by atoms with van der Waals surface area (Å²) in [6.45, 7) is 4.56. The van der Waals surface area contributed by atoms with Crippen LogP contribution in [0.4, 0.5) is 0 Å². The van der Waals surface area contributed by atoms with Gasteiger partial charge in [0.15, 0.2) is 0 Å². The van der Waals surface area contributed by atoms with Crippen molar-refractivity contribution in [3.63, 3.8) is 0 Å². The Labute approximate surface area is 94.0 Å². The van der Waals surface area contributed by atoms with Gasteiger partial charge in [-0.2, -0.15) is 0 Å². The maximum atomic E-state index is 11.2. The van der Waals surface area contributed by atoms with Crippen molar-refractivity contribution in [2.75, 3.05) is 14.1 Å². The van der Waals surface area contributed by atoms with Crippen LogP contribution >= 0.6 is 0 Å². The van der Waals surface area contributed by atoms with Gasteiger partial charge in [0.1, 0.15) is 5.78 Å². The molecule has 0 bridgehead atoms. The number of hydrogen-bond acceptors (Lipinski definition) is 2. The van der Waals surface area contributed by atoms with Gasteiger partial charge in [-0.1, -0.05) is 13.8 Å². The largest absolute Gasteiger partial charge is 0.306 e. The van der Waals surface area contributed by atoms with Crippen LogP contribution in [0.25, 0.3) is 0 Å². The van der Waals surface area contributed by atoms with Crippen molar-refractivity contribution in [1.29, 1.82) is 0 Å². The van der Waals surface area contributed by atoms with Gasteiger partial charge < -0.3 is 4.90 Å². The quantitative estimate of drug-likeness (QED) is 0.712. The maximum Gasteiger partial charge on any atom is 0.132 e. The van der Waals surface area contributed by atoms with E-state index in [4.69, 9.17) is 0 Å². The number of hydrogen-bond donors (Lipinski definition) is 0. The predicted molar refractivity (Wildman–Crippen MR) is 63.9 cm³/mol. The SMILES string of the molecule is CC(C)CC(C1CCC(=O)CC1)N(C)C. The molecule has 1 saturated carbocycles. The first-order valence-electron chi connectivity index (χ1n) is 6.18. The predicted octanol–water partition coefficient (Wildman–Crippen LogP) is 2.72. The Morgan fingerprint density at radius 2 is 1.80 bits per heavy atom. The molecule has 2 heteroatoms. The molecule has 0 saturated heterocycles.